The molecular formula is C19H18Cl2N4OS. The molecule has 8 heteroatoms. The molecule has 0 saturated heterocycles. The zero-order chi connectivity index (χ0) is 19.6. The highest BCUT2D eigenvalue weighted by Crippen LogP contribution is 2.29. The van der Waals surface area contributed by atoms with Crippen LogP contribution in [0.3, 0.4) is 0 Å². The van der Waals surface area contributed by atoms with Crippen molar-refractivity contribution in [3.05, 3.63) is 63.9 Å². The Morgan fingerprint density at radius 1 is 1.15 bits per heavy atom. The van der Waals surface area contributed by atoms with Crippen molar-refractivity contribution in [3.8, 4) is 5.69 Å². The second kappa shape index (κ2) is 8.33. The Balaban J connectivity index is 1.78. The van der Waals surface area contributed by atoms with Crippen molar-refractivity contribution in [2.75, 3.05) is 5.32 Å². The minimum absolute atomic E-state index is 0.180. The van der Waals surface area contributed by atoms with Gasteiger partial charge in [-0.05, 0) is 56.7 Å². The molecule has 3 rings (SSSR count). The van der Waals surface area contributed by atoms with Crippen molar-refractivity contribution >= 4 is 46.6 Å². The summed E-state index contributed by atoms with van der Waals surface area (Å²) < 4.78 is 1.94. The highest BCUT2D eigenvalue weighted by Gasteiger charge is 2.20. The van der Waals surface area contributed by atoms with Gasteiger partial charge in [0.05, 0.1) is 16.0 Å². The average molecular weight is 421 g/mol. The lowest BCUT2D eigenvalue weighted by Gasteiger charge is -2.14. The lowest BCUT2D eigenvalue weighted by Crippen LogP contribution is -2.23. The summed E-state index contributed by atoms with van der Waals surface area (Å²) in [6.45, 7) is 5.73. The van der Waals surface area contributed by atoms with Crippen molar-refractivity contribution in [2.45, 2.75) is 31.2 Å². The molecule has 2 aromatic carbocycles. The molecule has 1 heterocycles. The van der Waals surface area contributed by atoms with Gasteiger partial charge in [0.2, 0.25) is 5.91 Å². The lowest BCUT2D eigenvalue weighted by molar-refractivity contribution is -0.115. The molecule has 27 heavy (non-hydrogen) atoms. The maximum Gasteiger partial charge on any atom is 0.237 e. The van der Waals surface area contributed by atoms with Gasteiger partial charge in [-0.2, -0.15) is 0 Å². The van der Waals surface area contributed by atoms with Crippen LogP contribution in [0, 0.1) is 13.8 Å². The molecule has 1 atom stereocenters. The fourth-order valence-electron chi connectivity index (χ4n) is 2.52. The fourth-order valence-corrected chi connectivity index (χ4v) is 3.89. The summed E-state index contributed by atoms with van der Waals surface area (Å²) in [6, 6.07) is 13.0. The van der Waals surface area contributed by atoms with Gasteiger partial charge in [0.15, 0.2) is 5.16 Å². The summed E-state index contributed by atoms with van der Waals surface area (Å²) in [4.78, 5) is 12.6. The zero-order valence-corrected chi connectivity index (χ0v) is 17.4. The number of nitrogens with one attached hydrogen (secondary N) is 1. The first-order valence-electron chi connectivity index (χ1n) is 8.27. The summed E-state index contributed by atoms with van der Waals surface area (Å²) in [7, 11) is 0. The number of hydrogen-bond donors (Lipinski definition) is 1. The van der Waals surface area contributed by atoms with Crippen LogP contribution >= 0.6 is 35.0 Å². The average Bonchev–Trinajstić information content (AvgIpc) is 2.97. The number of carbonyl (C=O) groups excluding carboxylic acids is 1. The Bertz CT molecular complexity index is 990. The molecule has 0 saturated carbocycles. The van der Waals surface area contributed by atoms with Gasteiger partial charge in [0.1, 0.15) is 5.82 Å². The third-order valence-corrected chi connectivity index (χ3v) is 5.49. The monoisotopic (exact) mass is 420 g/mol. The highest BCUT2D eigenvalue weighted by atomic mass is 35.5. The Morgan fingerprint density at radius 2 is 1.93 bits per heavy atom. The number of benzene rings is 2. The number of amides is 1. The largest absolute Gasteiger partial charge is 0.324 e. The molecule has 5 nitrogen and oxygen atoms in total. The van der Waals surface area contributed by atoms with E-state index >= 15 is 0 Å². The third-order valence-electron chi connectivity index (χ3n) is 3.90. The van der Waals surface area contributed by atoms with E-state index in [0.29, 0.717) is 20.9 Å². The van der Waals surface area contributed by atoms with Crippen molar-refractivity contribution < 1.29 is 4.79 Å². The smallest absolute Gasteiger partial charge is 0.237 e. The van der Waals surface area contributed by atoms with Gasteiger partial charge >= 0.3 is 0 Å². The Morgan fingerprint density at radius 3 is 2.63 bits per heavy atom. The van der Waals surface area contributed by atoms with Crippen LogP contribution in [0.1, 0.15) is 18.3 Å². The summed E-state index contributed by atoms with van der Waals surface area (Å²) in [5, 5.41) is 12.4. The van der Waals surface area contributed by atoms with Gasteiger partial charge in [-0.3, -0.25) is 9.36 Å². The first-order chi connectivity index (χ1) is 12.8. The standard InChI is InChI=1S/C19H18Cl2N4OS/c1-11-5-4-6-15(9-11)25-13(3)23-24-19(25)27-12(2)18(26)22-17-8-7-14(20)10-16(17)21/h4-10,12H,1-3H3,(H,22,26). The second-order valence-corrected chi connectivity index (χ2v) is 8.23. The summed E-state index contributed by atoms with van der Waals surface area (Å²) in [5.41, 5.74) is 2.63. The molecule has 0 aliphatic rings. The van der Waals surface area contributed by atoms with E-state index < -0.39 is 5.25 Å². The van der Waals surface area contributed by atoms with Crippen LogP contribution in [0.15, 0.2) is 47.6 Å². The van der Waals surface area contributed by atoms with Gasteiger partial charge in [-0.15, -0.1) is 10.2 Å². The van der Waals surface area contributed by atoms with Crippen molar-refractivity contribution in [3.63, 3.8) is 0 Å². The third kappa shape index (κ3) is 4.64. The van der Waals surface area contributed by atoms with Gasteiger partial charge in [0.25, 0.3) is 0 Å². The minimum Gasteiger partial charge on any atom is -0.324 e. The number of hydrogen-bond acceptors (Lipinski definition) is 4. The highest BCUT2D eigenvalue weighted by molar-refractivity contribution is 8.00. The number of thioether (sulfide) groups is 1. The van der Waals surface area contributed by atoms with E-state index in [1.165, 1.54) is 11.8 Å². The van der Waals surface area contributed by atoms with Crippen molar-refractivity contribution in [2.24, 2.45) is 0 Å². The Labute approximate surface area is 172 Å². The molecule has 0 aliphatic carbocycles. The van der Waals surface area contributed by atoms with Gasteiger partial charge in [0, 0.05) is 10.7 Å². The summed E-state index contributed by atoms with van der Waals surface area (Å²) >= 11 is 13.4. The normalized spacial score (nSPS) is 12.0. The fraction of sp³-hybridized carbons (Fsp3) is 0.211. The number of carbonyl (C=O) groups is 1. The Kier molecular flexibility index (Phi) is 6.09. The van der Waals surface area contributed by atoms with E-state index in [2.05, 4.69) is 21.6 Å². The number of halogens is 2. The molecule has 0 aliphatic heterocycles. The van der Waals surface area contributed by atoms with E-state index in [9.17, 15) is 4.79 Å². The lowest BCUT2D eigenvalue weighted by atomic mass is 10.2. The van der Waals surface area contributed by atoms with Crippen LogP contribution in [0.5, 0.6) is 0 Å². The van der Waals surface area contributed by atoms with Crippen molar-refractivity contribution in [1.82, 2.24) is 14.8 Å². The molecule has 140 valence electrons. The number of nitrogens with zero attached hydrogens (tertiary/aromatic N) is 3. The maximum atomic E-state index is 12.6. The van der Waals surface area contributed by atoms with E-state index in [0.717, 1.165) is 17.1 Å². The van der Waals surface area contributed by atoms with Crippen LogP contribution in [0.25, 0.3) is 5.69 Å². The SMILES string of the molecule is Cc1cccc(-n2c(C)nnc2SC(C)C(=O)Nc2ccc(Cl)cc2Cl)c1. The van der Waals surface area contributed by atoms with E-state index in [-0.39, 0.29) is 5.91 Å². The van der Waals surface area contributed by atoms with Gasteiger partial charge < -0.3 is 5.32 Å². The summed E-state index contributed by atoms with van der Waals surface area (Å²) in [6.07, 6.45) is 0. The zero-order valence-electron chi connectivity index (χ0n) is 15.0. The van der Waals surface area contributed by atoms with Crippen LogP contribution < -0.4 is 5.32 Å². The molecule has 0 spiro atoms. The predicted octanol–water partition coefficient (Wildman–Crippen LogP) is 5.31. The second-order valence-electron chi connectivity index (χ2n) is 6.08. The van der Waals surface area contributed by atoms with Crippen LogP contribution in [0.4, 0.5) is 5.69 Å². The van der Waals surface area contributed by atoms with E-state index in [1.54, 1.807) is 18.2 Å². The minimum atomic E-state index is -0.399. The van der Waals surface area contributed by atoms with E-state index in [4.69, 9.17) is 23.2 Å². The Hall–Kier alpha value is -2.02. The number of aromatic nitrogens is 3. The molecular weight excluding hydrogens is 403 g/mol. The van der Waals surface area contributed by atoms with Crippen LogP contribution in [0.2, 0.25) is 10.0 Å². The van der Waals surface area contributed by atoms with Crippen molar-refractivity contribution in [1.29, 1.82) is 0 Å². The molecule has 0 bridgehead atoms. The quantitative estimate of drug-likeness (QED) is 0.568. The maximum absolute atomic E-state index is 12.6. The van der Waals surface area contributed by atoms with Crippen LogP contribution in [-0.2, 0) is 4.79 Å². The molecule has 0 fully saturated rings. The molecule has 1 unspecified atom stereocenters. The van der Waals surface area contributed by atoms with Crippen LogP contribution in [-0.4, -0.2) is 25.9 Å². The molecule has 0 radical (unpaired) electrons. The topological polar surface area (TPSA) is 59.8 Å². The molecule has 1 aromatic heterocycles. The number of anilines is 1. The molecule has 1 amide bonds. The summed E-state index contributed by atoms with van der Waals surface area (Å²) in [5.74, 6) is 0.581. The van der Waals surface area contributed by atoms with E-state index in [1.807, 2.05) is 43.5 Å². The van der Waals surface area contributed by atoms with Gasteiger partial charge in [-0.1, -0.05) is 47.1 Å². The molecule has 3 aromatic rings. The predicted molar refractivity (Wildman–Crippen MR) is 111 cm³/mol. The first kappa shape index (κ1) is 19.7. The molecule has 1 N–H and O–H groups in total. The number of rotatable bonds is 5. The number of aryl methyl sites for hydroxylation is 2. The first-order valence-corrected chi connectivity index (χ1v) is 9.90. The van der Waals surface area contributed by atoms with Gasteiger partial charge in [-0.25, -0.2) is 0 Å².